The molecule has 1 aromatic carbocycles. The van der Waals surface area contributed by atoms with E-state index in [-0.39, 0.29) is 18.8 Å². The van der Waals surface area contributed by atoms with E-state index in [1.807, 2.05) is 50.3 Å². The normalized spacial score (nSPS) is 21.9. The number of aliphatic carboxylic acids is 1. The number of amides is 5. The molecule has 0 spiro atoms. The number of allylic oxidation sites excluding steroid dienone is 1. The number of hydrogen-bond acceptors (Lipinski definition) is 8. The summed E-state index contributed by atoms with van der Waals surface area (Å²) >= 11 is 0. The van der Waals surface area contributed by atoms with Crippen LogP contribution in [0.2, 0.25) is 0 Å². The third kappa shape index (κ3) is 10.3. The van der Waals surface area contributed by atoms with Gasteiger partial charge in [-0.2, -0.15) is 0 Å². The number of carbonyl (C=O) groups excluding carboxylic acids is 6. The van der Waals surface area contributed by atoms with E-state index in [0.29, 0.717) is 42.1 Å². The summed E-state index contributed by atoms with van der Waals surface area (Å²) in [5.74, 6) is -3.79. The van der Waals surface area contributed by atoms with E-state index in [1.54, 1.807) is 13.8 Å². The molecule has 14 nitrogen and oxygen atoms in total. The number of carbonyl (C=O) groups is 7. The first-order valence-corrected chi connectivity index (χ1v) is 20.8. The van der Waals surface area contributed by atoms with E-state index in [0.717, 1.165) is 12.0 Å². The summed E-state index contributed by atoms with van der Waals surface area (Å²) < 4.78 is 5.78. The highest BCUT2D eigenvalue weighted by Gasteiger charge is 2.63. The second-order valence-electron chi connectivity index (χ2n) is 17.4. The molecule has 2 unspecified atom stereocenters. The molecule has 1 aliphatic heterocycles. The molecule has 0 aromatic heterocycles. The Hall–Kier alpha value is -4.75. The number of esters is 1. The molecule has 2 aliphatic carbocycles. The van der Waals surface area contributed by atoms with Gasteiger partial charge in [0, 0.05) is 38.6 Å². The van der Waals surface area contributed by atoms with Gasteiger partial charge >= 0.3 is 11.9 Å². The van der Waals surface area contributed by atoms with Gasteiger partial charge in [0.05, 0.1) is 6.54 Å². The quantitative estimate of drug-likeness (QED) is 0.129. The molecule has 2 saturated carbocycles. The molecule has 3 N–H and O–H groups in total. The van der Waals surface area contributed by atoms with E-state index in [4.69, 9.17) is 4.74 Å². The topological polar surface area (TPSA) is 183 Å². The van der Waals surface area contributed by atoms with Crippen molar-refractivity contribution in [2.45, 2.75) is 143 Å². The Kier molecular flexibility index (Phi) is 15.0. The van der Waals surface area contributed by atoms with Crippen LogP contribution in [0.25, 0.3) is 0 Å². The lowest BCUT2D eigenvalue weighted by Gasteiger charge is -2.37. The molecule has 0 bridgehead atoms. The molecule has 4 rings (SSSR count). The number of rotatable bonds is 20. The van der Waals surface area contributed by atoms with E-state index in [9.17, 15) is 38.7 Å². The number of hydrogen-bond donors (Lipinski definition) is 3. The van der Waals surface area contributed by atoms with Gasteiger partial charge in [0.1, 0.15) is 23.7 Å². The third-order valence-electron chi connectivity index (χ3n) is 13.0. The highest BCUT2D eigenvalue weighted by atomic mass is 16.5. The summed E-state index contributed by atoms with van der Waals surface area (Å²) in [5, 5.41) is 14.3. The largest absolute Gasteiger partial charge is 0.480 e. The van der Waals surface area contributed by atoms with Crippen LogP contribution in [-0.2, 0) is 44.7 Å². The van der Waals surface area contributed by atoms with Crippen molar-refractivity contribution in [1.82, 2.24) is 25.3 Å². The fourth-order valence-electron chi connectivity index (χ4n) is 8.50. The summed E-state index contributed by atoms with van der Waals surface area (Å²) in [7, 11) is 2.96. The first-order chi connectivity index (χ1) is 27.2. The maximum absolute atomic E-state index is 14.5. The second kappa shape index (κ2) is 18.9. The van der Waals surface area contributed by atoms with Gasteiger partial charge < -0.3 is 35.2 Å². The van der Waals surface area contributed by atoms with Crippen LogP contribution in [0.1, 0.15) is 106 Å². The number of carboxylic acids is 1. The Labute approximate surface area is 343 Å². The molecule has 1 aromatic rings. The Morgan fingerprint density at radius 1 is 0.983 bits per heavy atom. The van der Waals surface area contributed by atoms with Crippen LogP contribution >= 0.6 is 0 Å². The van der Waals surface area contributed by atoms with Crippen LogP contribution in [0.5, 0.6) is 0 Å². The van der Waals surface area contributed by atoms with Crippen molar-refractivity contribution in [1.29, 1.82) is 0 Å². The predicted molar refractivity (Wildman–Crippen MR) is 218 cm³/mol. The van der Waals surface area contributed by atoms with Crippen molar-refractivity contribution in [3.05, 3.63) is 47.5 Å². The fourth-order valence-corrected chi connectivity index (χ4v) is 8.50. The fraction of sp³-hybridized carbons (Fsp3) is 0.659. The Morgan fingerprint density at radius 2 is 1.60 bits per heavy atom. The highest BCUT2D eigenvalue weighted by Crippen LogP contribution is 2.58. The molecule has 3 fully saturated rings. The van der Waals surface area contributed by atoms with Gasteiger partial charge in [-0.15, -0.1) is 0 Å². The van der Waals surface area contributed by atoms with E-state index in [2.05, 4.69) is 31.4 Å². The van der Waals surface area contributed by atoms with Gasteiger partial charge in [0.15, 0.2) is 6.10 Å². The summed E-state index contributed by atoms with van der Waals surface area (Å²) in [6.07, 6.45) is 5.63. The zero-order valence-electron chi connectivity index (χ0n) is 36.0. The molecule has 1 saturated heterocycles. The molecule has 1 heterocycles. The lowest BCUT2D eigenvalue weighted by molar-refractivity contribution is -0.157. The molecule has 0 radical (unpaired) electrons. The Balaban J connectivity index is 1.47. The number of benzene rings is 1. The van der Waals surface area contributed by atoms with Gasteiger partial charge in [0.2, 0.25) is 23.6 Å². The van der Waals surface area contributed by atoms with Crippen molar-refractivity contribution in [2.24, 2.45) is 23.2 Å². The second-order valence-corrected chi connectivity index (χ2v) is 17.4. The zero-order valence-corrected chi connectivity index (χ0v) is 36.0. The van der Waals surface area contributed by atoms with E-state index >= 15 is 0 Å². The van der Waals surface area contributed by atoms with Gasteiger partial charge in [-0.1, -0.05) is 77.4 Å². The summed E-state index contributed by atoms with van der Waals surface area (Å²) in [5.41, 5.74) is 0.327. The van der Waals surface area contributed by atoms with Crippen molar-refractivity contribution < 1.29 is 43.4 Å². The monoisotopic (exact) mass is 807 g/mol. The average molecular weight is 808 g/mol. The van der Waals surface area contributed by atoms with Crippen molar-refractivity contribution in [2.75, 3.05) is 20.6 Å². The molecule has 7 atom stereocenters. The van der Waals surface area contributed by atoms with Crippen LogP contribution in [0, 0.1) is 23.2 Å². The first kappa shape index (κ1) is 45.9. The number of ether oxygens (including phenoxy) is 1. The standard InChI is InChI=1S/C44H65N5O9/c1-11-27(4)36(37(51)45-31(8)40(54)55)46-35(50)25-47(9)38(52)33(24-32-15-13-12-14-16-32)48(10)42(57)44(21-22-44)49-30(7)23-34(39(49)53)58-41(56)28(5)17-18-29(6)43(19-20-43)26(2)3/h12-17,26-27,29-31,33-34,36H,11,18-25H2,1-10H3,(H,45,51)(H,46,50)(H,54,55)/b28-17+/t27?,29-,30?,31+,33+,34+,36-/m0/s1. The predicted octanol–water partition coefficient (Wildman–Crippen LogP) is 4.11. The summed E-state index contributed by atoms with van der Waals surface area (Å²) in [6, 6.07) is 5.48. The minimum atomic E-state index is -1.22. The molecule has 3 aliphatic rings. The van der Waals surface area contributed by atoms with Crippen molar-refractivity contribution in [3.63, 3.8) is 0 Å². The van der Waals surface area contributed by atoms with Crippen LogP contribution < -0.4 is 10.6 Å². The minimum absolute atomic E-state index is 0.126. The van der Waals surface area contributed by atoms with Crippen molar-refractivity contribution >= 4 is 41.5 Å². The zero-order chi connectivity index (χ0) is 43.3. The van der Waals surface area contributed by atoms with Gasteiger partial charge in [0.25, 0.3) is 5.91 Å². The smallest absolute Gasteiger partial charge is 0.334 e. The van der Waals surface area contributed by atoms with Gasteiger partial charge in [-0.3, -0.25) is 28.8 Å². The highest BCUT2D eigenvalue weighted by molar-refractivity contribution is 6.00. The Bertz CT molecular complexity index is 1740. The van der Waals surface area contributed by atoms with E-state index < -0.39 is 83.8 Å². The SMILES string of the molecule is CCC(C)[C@H](NC(=O)CN(C)C(=O)[C@@H](Cc1ccccc1)N(C)C(=O)C1(N2C(=O)[C@H](OC(=O)/C(C)=C/C[C@H](C)C3(C(C)C)CC3)CC2C)CC1)C(=O)N[C@H](C)C(=O)O. The Morgan fingerprint density at radius 3 is 2.14 bits per heavy atom. The van der Waals surface area contributed by atoms with E-state index in [1.165, 1.54) is 48.6 Å². The van der Waals surface area contributed by atoms with Crippen LogP contribution in [0.15, 0.2) is 42.0 Å². The van der Waals surface area contributed by atoms with Gasteiger partial charge in [-0.05, 0) is 81.6 Å². The molecular weight excluding hydrogens is 743 g/mol. The maximum Gasteiger partial charge on any atom is 0.334 e. The number of likely N-dealkylation sites (N-methyl/N-ethyl adjacent to an activating group) is 2. The number of nitrogens with zero attached hydrogens (tertiary/aromatic N) is 3. The number of nitrogens with one attached hydrogen (secondary N) is 2. The van der Waals surface area contributed by atoms with Crippen LogP contribution in [0.4, 0.5) is 0 Å². The van der Waals surface area contributed by atoms with Crippen molar-refractivity contribution in [3.8, 4) is 0 Å². The average Bonchev–Trinajstić information content (AvgIpc) is 4.12. The maximum atomic E-state index is 14.5. The summed E-state index contributed by atoms with van der Waals surface area (Å²) in [6.45, 7) is 14.7. The molecule has 5 amide bonds. The number of likely N-dealkylation sites (tertiary alicyclic amines) is 1. The molecule has 320 valence electrons. The lowest BCUT2D eigenvalue weighted by Crippen LogP contribution is -2.59. The molecular formula is C44H65N5O9. The summed E-state index contributed by atoms with van der Waals surface area (Å²) in [4.78, 5) is 97.7. The first-order valence-electron chi connectivity index (χ1n) is 20.8. The number of carboxylic acid groups (broad SMARTS) is 1. The van der Waals surface area contributed by atoms with Crippen LogP contribution in [0.3, 0.4) is 0 Å². The minimum Gasteiger partial charge on any atom is -0.480 e. The lowest BCUT2D eigenvalue weighted by atomic mass is 9.79. The van der Waals surface area contributed by atoms with Gasteiger partial charge in [-0.25, -0.2) is 4.79 Å². The molecule has 58 heavy (non-hydrogen) atoms. The molecule has 14 heteroatoms. The van der Waals surface area contributed by atoms with Crippen LogP contribution in [-0.4, -0.2) is 118 Å². The third-order valence-corrected chi connectivity index (χ3v) is 13.0.